The van der Waals surface area contributed by atoms with E-state index in [9.17, 15) is 0 Å². The monoisotopic (exact) mass is 221 g/mol. The number of hydrogen-bond donors (Lipinski definition) is 2. The molecule has 0 saturated heterocycles. The van der Waals surface area contributed by atoms with Gasteiger partial charge in [0, 0.05) is 29.6 Å². The molecule has 2 rings (SSSR count). The summed E-state index contributed by atoms with van der Waals surface area (Å²) < 4.78 is 1.72. The number of hydrogen-bond acceptors (Lipinski definition) is 3. The van der Waals surface area contributed by atoms with Crippen LogP contribution >= 0.6 is 0 Å². The summed E-state index contributed by atoms with van der Waals surface area (Å²) >= 11 is 0. The van der Waals surface area contributed by atoms with E-state index >= 15 is 0 Å². The lowest BCUT2D eigenvalue weighted by Crippen LogP contribution is -2.13. The third-order valence-electron chi connectivity index (χ3n) is 2.75. The second-order valence-electron chi connectivity index (χ2n) is 5.30. The summed E-state index contributed by atoms with van der Waals surface area (Å²) in [7, 11) is 0. The highest BCUT2D eigenvalue weighted by atomic mass is 15.5. The van der Waals surface area contributed by atoms with E-state index in [-0.39, 0.29) is 11.3 Å². The molecule has 16 heavy (non-hydrogen) atoms. The number of H-pyrrole nitrogens is 1. The normalized spacial score (nSPS) is 14.6. The van der Waals surface area contributed by atoms with Gasteiger partial charge in [-0.15, -0.1) is 5.10 Å². The largest absolute Gasteiger partial charge is 0.330 e. The third-order valence-corrected chi connectivity index (χ3v) is 2.75. The van der Waals surface area contributed by atoms with Crippen molar-refractivity contribution in [1.29, 1.82) is 0 Å². The first-order valence-corrected chi connectivity index (χ1v) is 5.58. The van der Waals surface area contributed by atoms with E-state index < -0.39 is 0 Å². The van der Waals surface area contributed by atoms with Gasteiger partial charge in [0.25, 0.3) is 0 Å². The fourth-order valence-electron chi connectivity index (χ4n) is 1.49. The Bertz CT molecular complexity index is 456. The molecule has 0 fully saturated rings. The van der Waals surface area contributed by atoms with E-state index in [1.165, 1.54) is 0 Å². The highest BCUT2D eigenvalue weighted by Crippen LogP contribution is 2.22. The smallest absolute Gasteiger partial charge is 0.175 e. The molecule has 0 aliphatic carbocycles. The van der Waals surface area contributed by atoms with Gasteiger partial charge in [0.15, 0.2) is 11.5 Å². The van der Waals surface area contributed by atoms with Gasteiger partial charge in [-0.2, -0.15) is 4.63 Å². The van der Waals surface area contributed by atoms with E-state index in [0.29, 0.717) is 6.54 Å². The van der Waals surface area contributed by atoms with E-state index in [1.807, 2.05) is 13.0 Å². The lowest BCUT2D eigenvalue weighted by molar-refractivity contribution is 0.554. The molecular formula is C11H19N5. The Kier molecular flexibility index (Phi) is 2.50. The zero-order valence-electron chi connectivity index (χ0n) is 10.3. The van der Waals surface area contributed by atoms with Crippen LogP contribution in [0, 0.1) is 0 Å². The molecule has 0 amide bonds. The maximum Gasteiger partial charge on any atom is 0.175 e. The van der Waals surface area contributed by atoms with Crippen LogP contribution < -0.4 is 5.73 Å². The number of aromatic nitrogens is 4. The Morgan fingerprint density at radius 1 is 1.50 bits per heavy atom. The maximum absolute atomic E-state index is 5.59. The Balaban J connectivity index is 2.41. The van der Waals surface area contributed by atoms with Crippen molar-refractivity contribution < 1.29 is 0 Å². The van der Waals surface area contributed by atoms with E-state index in [2.05, 4.69) is 36.0 Å². The predicted molar refractivity (Wildman–Crippen MR) is 63.5 cm³/mol. The van der Waals surface area contributed by atoms with Crippen molar-refractivity contribution in [2.75, 3.05) is 6.54 Å². The number of nitrogens with one attached hydrogen (secondary N) is 1. The summed E-state index contributed by atoms with van der Waals surface area (Å²) in [6.07, 6.45) is 0. The second kappa shape index (κ2) is 3.59. The molecule has 0 aliphatic rings. The molecule has 5 nitrogen and oxygen atoms in total. The van der Waals surface area contributed by atoms with Crippen LogP contribution in [0.3, 0.4) is 0 Å². The number of aromatic amines is 1. The number of nitrogens with zero attached hydrogens (tertiary/aromatic N) is 3. The van der Waals surface area contributed by atoms with E-state index in [1.54, 1.807) is 4.63 Å². The first kappa shape index (κ1) is 11.1. The number of rotatable bonds is 2. The molecule has 1 atom stereocenters. The standard InChI is InChI=1S/C11H19N5/c1-7(6-12)10-13-9-5-8(11(2,3)4)14-16(9)15-10/h5,7,14H,6,12H2,1-4H3. The molecule has 0 saturated carbocycles. The molecule has 2 aromatic rings. The molecule has 0 radical (unpaired) electrons. The van der Waals surface area contributed by atoms with Crippen molar-refractivity contribution in [3.63, 3.8) is 0 Å². The summed E-state index contributed by atoms with van der Waals surface area (Å²) in [5.74, 6) is 1.00. The first-order valence-electron chi connectivity index (χ1n) is 5.58. The van der Waals surface area contributed by atoms with Gasteiger partial charge in [-0.05, 0) is 0 Å². The van der Waals surface area contributed by atoms with Gasteiger partial charge in [-0.3, -0.25) is 5.10 Å². The Labute approximate surface area is 95.0 Å². The zero-order chi connectivity index (χ0) is 11.9. The first-order chi connectivity index (χ1) is 7.41. The fourth-order valence-corrected chi connectivity index (χ4v) is 1.49. The third kappa shape index (κ3) is 1.82. The average Bonchev–Trinajstić information content (AvgIpc) is 2.71. The minimum absolute atomic E-state index is 0.0853. The quantitative estimate of drug-likeness (QED) is 0.805. The SMILES string of the molecule is CC(CN)c1nc2cc(C(C)(C)C)[nH]n2n1. The lowest BCUT2D eigenvalue weighted by Gasteiger charge is -2.14. The van der Waals surface area contributed by atoms with Gasteiger partial charge in [0.05, 0.1) is 0 Å². The van der Waals surface area contributed by atoms with Crippen molar-refractivity contribution >= 4 is 5.65 Å². The van der Waals surface area contributed by atoms with Gasteiger partial charge in [-0.1, -0.05) is 27.7 Å². The Morgan fingerprint density at radius 3 is 2.69 bits per heavy atom. The van der Waals surface area contributed by atoms with Crippen LogP contribution in [-0.4, -0.2) is 26.4 Å². The van der Waals surface area contributed by atoms with Crippen LogP contribution in [0.2, 0.25) is 0 Å². The minimum atomic E-state index is 0.0853. The van der Waals surface area contributed by atoms with E-state index in [4.69, 9.17) is 5.73 Å². The number of fused-ring (bicyclic) bond motifs is 1. The van der Waals surface area contributed by atoms with Crippen LogP contribution in [-0.2, 0) is 5.41 Å². The van der Waals surface area contributed by atoms with Crippen LogP contribution in [0.5, 0.6) is 0 Å². The minimum Gasteiger partial charge on any atom is -0.330 e. The highest BCUT2D eigenvalue weighted by Gasteiger charge is 2.19. The van der Waals surface area contributed by atoms with Crippen molar-refractivity contribution in [3.05, 3.63) is 17.6 Å². The zero-order valence-corrected chi connectivity index (χ0v) is 10.3. The second-order valence-corrected chi connectivity index (χ2v) is 5.30. The molecule has 0 aliphatic heterocycles. The molecule has 0 aromatic carbocycles. The molecule has 3 N–H and O–H groups in total. The van der Waals surface area contributed by atoms with E-state index in [0.717, 1.165) is 17.2 Å². The van der Waals surface area contributed by atoms with Gasteiger partial charge in [0.2, 0.25) is 0 Å². The highest BCUT2D eigenvalue weighted by molar-refractivity contribution is 5.40. The lowest BCUT2D eigenvalue weighted by atomic mass is 9.93. The molecule has 2 aromatic heterocycles. The van der Waals surface area contributed by atoms with Gasteiger partial charge in [0.1, 0.15) is 0 Å². The maximum atomic E-state index is 5.59. The van der Waals surface area contributed by atoms with Gasteiger partial charge in [-0.25, -0.2) is 4.98 Å². The molecular weight excluding hydrogens is 202 g/mol. The Hall–Kier alpha value is -1.36. The summed E-state index contributed by atoms with van der Waals surface area (Å²) in [5.41, 5.74) is 7.67. The molecule has 2 heterocycles. The average molecular weight is 221 g/mol. The molecule has 88 valence electrons. The van der Waals surface area contributed by atoms with Gasteiger partial charge < -0.3 is 5.73 Å². The van der Waals surface area contributed by atoms with Crippen LogP contribution in [0.15, 0.2) is 6.07 Å². The van der Waals surface area contributed by atoms with Crippen molar-refractivity contribution in [1.82, 2.24) is 19.8 Å². The summed E-state index contributed by atoms with van der Waals surface area (Å²) in [5, 5.41) is 7.62. The summed E-state index contributed by atoms with van der Waals surface area (Å²) in [6.45, 7) is 9.06. The molecule has 0 spiro atoms. The summed E-state index contributed by atoms with van der Waals surface area (Å²) in [6, 6.07) is 2.04. The molecule has 5 heteroatoms. The topological polar surface area (TPSA) is 72.0 Å². The van der Waals surface area contributed by atoms with Crippen LogP contribution in [0.1, 0.15) is 45.1 Å². The summed E-state index contributed by atoms with van der Waals surface area (Å²) in [4.78, 5) is 4.46. The predicted octanol–water partition coefficient (Wildman–Crippen LogP) is 1.42. The van der Waals surface area contributed by atoms with Crippen molar-refractivity contribution in [2.24, 2.45) is 5.73 Å². The van der Waals surface area contributed by atoms with Crippen LogP contribution in [0.25, 0.3) is 5.65 Å². The van der Waals surface area contributed by atoms with Gasteiger partial charge >= 0.3 is 0 Å². The number of nitrogens with two attached hydrogens (primary N) is 1. The van der Waals surface area contributed by atoms with Crippen molar-refractivity contribution in [2.45, 2.75) is 39.0 Å². The molecule has 1 unspecified atom stereocenters. The Morgan fingerprint density at radius 2 is 2.19 bits per heavy atom. The fraction of sp³-hybridized carbons (Fsp3) is 0.636. The van der Waals surface area contributed by atoms with Crippen LogP contribution in [0.4, 0.5) is 0 Å². The van der Waals surface area contributed by atoms with Crippen molar-refractivity contribution in [3.8, 4) is 0 Å². The molecule has 0 bridgehead atoms.